The van der Waals surface area contributed by atoms with Crippen LogP contribution in [0.25, 0.3) is 0 Å². The van der Waals surface area contributed by atoms with E-state index in [1.165, 1.54) is 25.0 Å². The molecule has 0 spiro atoms. The van der Waals surface area contributed by atoms with Crippen molar-refractivity contribution in [3.05, 3.63) is 22.7 Å². The average molecular weight is 348 g/mol. The minimum absolute atomic E-state index is 0.115. The van der Waals surface area contributed by atoms with Gasteiger partial charge in [-0.1, -0.05) is 0 Å². The highest BCUT2D eigenvalue weighted by atomic mass is 79.9. The topological polar surface area (TPSA) is 84.2 Å². The van der Waals surface area contributed by atoms with Gasteiger partial charge in [-0.15, -0.1) is 0 Å². The maximum Gasteiger partial charge on any atom is 0.238 e. The van der Waals surface area contributed by atoms with Crippen molar-refractivity contribution in [2.24, 2.45) is 11.1 Å². The monoisotopic (exact) mass is 347 g/mol. The van der Waals surface area contributed by atoms with Gasteiger partial charge in [0.1, 0.15) is 0 Å². The third-order valence-electron chi connectivity index (χ3n) is 3.25. The number of nitrogens with two attached hydrogens (primary N) is 1. The second-order valence-electron chi connectivity index (χ2n) is 4.78. The molecule has 106 valence electrons. The van der Waals surface area contributed by atoms with Gasteiger partial charge in [-0.05, 0) is 66.0 Å². The molecule has 0 aliphatic carbocycles. The summed E-state index contributed by atoms with van der Waals surface area (Å²) in [5, 5.41) is 11.8. The minimum atomic E-state index is -3.65. The van der Waals surface area contributed by atoms with Gasteiger partial charge in [0, 0.05) is 16.7 Å². The number of piperidine rings is 1. The summed E-state index contributed by atoms with van der Waals surface area (Å²) in [6.07, 6.45) is 2.42. The van der Waals surface area contributed by atoms with Crippen LogP contribution < -0.4 is 15.8 Å². The number of nitrogens with one attached hydrogen (secondary N) is 2. The maximum absolute atomic E-state index is 11.2. The third-order valence-corrected chi connectivity index (χ3v) is 4.82. The Labute approximate surface area is 122 Å². The van der Waals surface area contributed by atoms with Crippen molar-refractivity contribution < 1.29 is 8.42 Å². The molecule has 0 bridgehead atoms. The van der Waals surface area contributed by atoms with Gasteiger partial charge in [-0.25, -0.2) is 13.6 Å². The van der Waals surface area contributed by atoms with E-state index in [0.717, 1.165) is 25.3 Å². The average Bonchev–Trinajstić information content (AvgIpc) is 2.37. The Morgan fingerprint density at radius 1 is 1.47 bits per heavy atom. The normalized spacial score (nSPS) is 20.2. The van der Waals surface area contributed by atoms with Crippen molar-refractivity contribution >= 4 is 31.6 Å². The van der Waals surface area contributed by atoms with E-state index < -0.39 is 10.0 Å². The second kappa shape index (κ2) is 6.21. The third kappa shape index (κ3) is 4.17. The van der Waals surface area contributed by atoms with Crippen LogP contribution >= 0.6 is 15.9 Å². The number of hydrogen-bond acceptors (Lipinski definition) is 4. The number of anilines is 1. The molecule has 1 aliphatic heterocycles. The smallest absolute Gasteiger partial charge is 0.238 e. The van der Waals surface area contributed by atoms with Gasteiger partial charge in [0.25, 0.3) is 0 Å². The van der Waals surface area contributed by atoms with Gasteiger partial charge in [-0.2, -0.15) is 0 Å². The number of benzene rings is 1. The lowest BCUT2D eigenvalue weighted by atomic mass is 10.00. The quantitative estimate of drug-likeness (QED) is 0.770. The first-order valence-electron chi connectivity index (χ1n) is 6.24. The fraction of sp³-hybridized carbons (Fsp3) is 0.500. The van der Waals surface area contributed by atoms with E-state index >= 15 is 0 Å². The van der Waals surface area contributed by atoms with Crippen LogP contribution in [0.15, 0.2) is 27.6 Å². The molecule has 1 aliphatic rings. The van der Waals surface area contributed by atoms with Crippen LogP contribution in [0.3, 0.4) is 0 Å². The van der Waals surface area contributed by atoms with Crippen molar-refractivity contribution in [3.63, 3.8) is 0 Å². The molecule has 1 saturated heterocycles. The van der Waals surface area contributed by atoms with Gasteiger partial charge in [-0.3, -0.25) is 0 Å². The van der Waals surface area contributed by atoms with Gasteiger partial charge < -0.3 is 10.6 Å². The second-order valence-corrected chi connectivity index (χ2v) is 7.20. The summed E-state index contributed by atoms with van der Waals surface area (Å²) >= 11 is 3.37. The zero-order chi connectivity index (χ0) is 13.9. The fourth-order valence-corrected chi connectivity index (χ4v) is 3.38. The lowest BCUT2D eigenvalue weighted by Gasteiger charge is -2.23. The summed E-state index contributed by atoms with van der Waals surface area (Å²) in [7, 11) is -3.65. The molecule has 1 heterocycles. The standard InChI is InChI=1S/C12H18BrN3O2S/c13-11-6-10(19(14,17)18)3-4-12(11)16-8-9-2-1-5-15-7-9/h3-4,6,9,15-16H,1-2,5,7-8H2,(H2,14,17,18). The predicted octanol–water partition coefficient (Wildman–Crippen LogP) is 1.51. The van der Waals surface area contributed by atoms with Crippen LogP contribution in [0.4, 0.5) is 5.69 Å². The summed E-state index contributed by atoms with van der Waals surface area (Å²) in [4.78, 5) is 0.115. The van der Waals surface area contributed by atoms with Crippen molar-refractivity contribution in [2.75, 3.05) is 25.0 Å². The van der Waals surface area contributed by atoms with E-state index in [0.29, 0.717) is 10.4 Å². The number of sulfonamides is 1. The number of halogens is 1. The summed E-state index contributed by atoms with van der Waals surface area (Å²) < 4.78 is 23.2. The molecule has 1 aromatic carbocycles. The lowest BCUT2D eigenvalue weighted by molar-refractivity contribution is 0.393. The van der Waals surface area contributed by atoms with Crippen LogP contribution in [0.5, 0.6) is 0 Å². The van der Waals surface area contributed by atoms with Gasteiger partial charge in [0.15, 0.2) is 0 Å². The van der Waals surface area contributed by atoms with E-state index in [9.17, 15) is 8.42 Å². The van der Waals surface area contributed by atoms with E-state index in [4.69, 9.17) is 5.14 Å². The van der Waals surface area contributed by atoms with Crippen molar-refractivity contribution in [1.29, 1.82) is 0 Å². The maximum atomic E-state index is 11.2. The van der Waals surface area contributed by atoms with Crippen molar-refractivity contribution in [1.82, 2.24) is 5.32 Å². The van der Waals surface area contributed by atoms with E-state index in [1.54, 1.807) is 6.07 Å². The Morgan fingerprint density at radius 2 is 2.26 bits per heavy atom. The highest BCUT2D eigenvalue weighted by Crippen LogP contribution is 2.25. The summed E-state index contributed by atoms with van der Waals surface area (Å²) in [6.45, 7) is 3.00. The Bertz CT molecular complexity index is 542. The highest BCUT2D eigenvalue weighted by Gasteiger charge is 2.14. The molecule has 1 fully saturated rings. The van der Waals surface area contributed by atoms with Gasteiger partial charge in [0.05, 0.1) is 4.90 Å². The van der Waals surface area contributed by atoms with Crippen molar-refractivity contribution in [2.45, 2.75) is 17.7 Å². The largest absolute Gasteiger partial charge is 0.384 e. The molecule has 1 aromatic rings. The van der Waals surface area contributed by atoms with Gasteiger partial charge >= 0.3 is 0 Å². The first kappa shape index (κ1) is 14.8. The van der Waals surface area contributed by atoms with Crippen LogP contribution in [0, 0.1) is 5.92 Å². The van der Waals surface area contributed by atoms with Crippen molar-refractivity contribution in [3.8, 4) is 0 Å². The molecule has 19 heavy (non-hydrogen) atoms. The van der Waals surface area contributed by atoms with E-state index in [2.05, 4.69) is 26.6 Å². The van der Waals surface area contributed by atoms with Crippen LogP contribution in [0.2, 0.25) is 0 Å². The molecule has 4 N–H and O–H groups in total. The molecule has 0 amide bonds. The molecule has 5 nitrogen and oxygen atoms in total. The number of hydrogen-bond donors (Lipinski definition) is 3. The van der Waals surface area contributed by atoms with Crippen LogP contribution in [-0.4, -0.2) is 28.1 Å². The first-order valence-corrected chi connectivity index (χ1v) is 8.57. The zero-order valence-electron chi connectivity index (χ0n) is 10.5. The molecule has 0 radical (unpaired) electrons. The Balaban J connectivity index is 2.01. The van der Waals surface area contributed by atoms with Crippen LogP contribution in [0.1, 0.15) is 12.8 Å². The Morgan fingerprint density at radius 3 is 2.84 bits per heavy atom. The zero-order valence-corrected chi connectivity index (χ0v) is 12.9. The molecular weight excluding hydrogens is 330 g/mol. The number of rotatable bonds is 4. The lowest BCUT2D eigenvalue weighted by Crippen LogP contribution is -2.33. The fourth-order valence-electron chi connectivity index (χ4n) is 2.17. The van der Waals surface area contributed by atoms with E-state index in [-0.39, 0.29) is 4.90 Å². The molecule has 0 saturated carbocycles. The Kier molecular flexibility index (Phi) is 4.83. The molecular formula is C12H18BrN3O2S. The molecule has 1 unspecified atom stereocenters. The summed E-state index contributed by atoms with van der Waals surface area (Å²) in [5.41, 5.74) is 0.887. The minimum Gasteiger partial charge on any atom is -0.384 e. The Hall–Kier alpha value is -0.630. The first-order chi connectivity index (χ1) is 8.97. The molecule has 1 atom stereocenters. The number of primary sulfonamides is 1. The molecule has 0 aromatic heterocycles. The van der Waals surface area contributed by atoms with E-state index in [1.807, 2.05) is 0 Å². The molecule has 7 heteroatoms. The summed E-state index contributed by atoms with van der Waals surface area (Å²) in [6, 6.07) is 4.78. The summed E-state index contributed by atoms with van der Waals surface area (Å²) in [5.74, 6) is 0.610. The predicted molar refractivity (Wildman–Crippen MR) is 79.6 cm³/mol. The van der Waals surface area contributed by atoms with Crippen LogP contribution in [-0.2, 0) is 10.0 Å². The SMILES string of the molecule is NS(=O)(=O)c1ccc(NCC2CCCNC2)c(Br)c1. The molecule has 2 rings (SSSR count). The highest BCUT2D eigenvalue weighted by molar-refractivity contribution is 9.10. The van der Waals surface area contributed by atoms with Gasteiger partial charge in [0.2, 0.25) is 10.0 Å².